The second-order valence-corrected chi connectivity index (χ2v) is 5.52. The number of amides is 1. The fraction of sp³-hybridized carbons (Fsp3) is 0.562. The summed E-state index contributed by atoms with van der Waals surface area (Å²) in [6, 6.07) is 3.82. The third-order valence-corrected chi connectivity index (χ3v) is 3.89. The molecular weight excluding hydrogens is 274 g/mol. The molecule has 1 heterocycles. The molecule has 1 aliphatic rings. The maximum atomic E-state index is 13.6. The van der Waals surface area contributed by atoms with Crippen LogP contribution in [0.1, 0.15) is 31.7 Å². The van der Waals surface area contributed by atoms with E-state index in [0.29, 0.717) is 19.1 Å². The van der Waals surface area contributed by atoms with Crippen molar-refractivity contribution in [3.63, 3.8) is 0 Å². The average Bonchev–Trinajstić information content (AvgIpc) is 2.48. The molecule has 0 spiro atoms. The summed E-state index contributed by atoms with van der Waals surface area (Å²) in [5.74, 6) is -1.36. The first-order valence-corrected chi connectivity index (χ1v) is 7.55. The molecule has 21 heavy (non-hydrogen) atoms. The van der Waals surface area contributed by atoms with Crippen molar-refractivity contribution in [2.24, 2.45) is 0 Å². The van der Waals surface area contributed by atoms with Gasteiger partial charge in [-0.25, -0.2) is 8.78 Å². The summed E-state index contributed by atoms with van der Waals surface area (Å²) >= 11 is 0. The first kappa shape index (κ1) is 15.9. The average molecular weight is 296 g/mol. The van der Waals surface area contributed by atoms with Crippen LogP contribution in [-0.4, -0.2) is 36.5 Å². The van der Waals surface area contributed by atoms with Crippen LogP contribution >= 0.6 is 0 Å². The number of carbonyl (C=O) groups is 1. The number of likely N-dealkylation sites (tertiary alicyclic amines) is 1. The van der Waals surface area contributed by atoms with Gasteiger partial charge in [0.15, 0.2) is 0 Å². The Hall–Kier alpha value is -1.49. The van der Waals surface area contributed by atoms with E-state index < -0.39 is 11.6 Å². The lowest BCUT2D eigenvalue weighted by atomic mass is 10.0. The maximum absolute atomic E-state index is 13.6. The quantitative estimate of drug-likeness (QED) is 0.905. The van der Waals surface area contributed by atoms with Crippen LogP contribution in [0.4, 0.5) is 8.78 Å². The van der Waals surface area contributed by atoms with Crippen LogP contribution in [-0.2, 0) is 11.2 Å². The number of rotatable bonds is 5. The monoisotopic (exact) mass is 296 g/mol. The summed E-state index contributed by atoms with van der Waals surface area (Å²) in [7, 11) is 0. The largest absolute Gasteiger partial charge is 0.342 e. The van der Waals surface area contributed by atoms with E-state index in [1.54, 1.807) is 4.90 Å². The van der Waals surface area contributed by atoms with Crippen LogP contribution in [0.5, 0.6) is 0 Å². The molecular formula is C16H22F2N2O. The van der Waals surface area contributed by atoms with Gasteiger partial charge in [-0.15, -0.1) is 0 Å². The van der Waals surface area contributed by atoms with Gasteiger partial charge in [0.05, 0.1) is 6.42 Å². The predicted octanol–water partition coefficient (Wildman–Crippen LogP) is 2.50. The molecule has 1 aliphatic heterocycles. The van der Waals surface area contributed by atoms with Crippen LogP contribution in [0.25, 0.3) is 0 Å². The lowest BCUT2D eigenvalue weighted by molar-refractivity contribution is -0.131. The zero-order valence-corrected chi connectivity index (χ0v) is 12.4. The highest BCUT2D eigenvalue weighted by atomic mass is 19.1. The highest BCUT2D eigenvalue weighted by Crippen LogP contribution is 2.15. The summed E-state index contributed by atoms with van der Waals surface area (Å²) in [6.07, 6.45) is 2.96. The zero-order chi connectivity index (χ0) is 15.2. The highest BCUT2D eigenvalue weighted by molar-refractivity contribution is 5.78. The highest BCUT2D eigenvalue weighted by Gasteiger charge is 2.23. The minimum absolute atomic E-state index is 0.000825. The van der Waals surface area contributed by atoms with Gasteiger partial charge in [0.2, 0.25) is 5.91 Å². The minimum atomic E-state index is -0.650. The van der Waals surface area contributed by atoms with Gasteiger partial charge >= 0.3 is 0 Å². The topological polar surface area (TPSA) is 32.3 Å². The molecule has 1 fully saturated rings. The molecule has 2 rings (SSSR count). The third kappa shape index (κ3) is 4.49. The molecule has 1 aromatic carbocycles. The van der Waals surface area contributed by atoms with Crippen molar-refractivity contribution >= 4 is 5.91 Å². The van der Waals surface area contributed by atoms with Gasteiger partial charge in [0.1, 0.15) is 11.6 Å². The Balaban J connectivity index is 1.84. The first-order valence-electron chi connectivity index (χ1n) is 7.55. The first-order chi connectivity index (χ1) is 10.1. The smallest absolute Gasteiger partial charge is 0.227 e. The van der Waals surface area contributed by atoms with E-state index >= 15 is 0 Å². The zero-order valence-electron chi connectivity index (χ0n) is 12.4. The van der Waals surface area contributed by atoms with Crippen molar-refractivity contribution in [2.45, 2.75) is 38.6 Å². The van der Waals surface area contributed by atoms with E-state index in [9.17, 15) is 13.6 Å². The normalized spacial score (nSPS) is 16.2. The molecule has 1 N–H and O–H groups in total. The minimum Gasteiger partial charge on any atom is -0.342 e. The van der Waals surface area contributed by atoms with Crippen molar-refractivity contribution in [2.75, 3.05) is 19.6 Å². The van der Waals surface area contributed by atoms with Crippen LogP contribution in [0.2, 0.25) is 0 Å². The van der Waals surface area contributed by atoms with Crippen molar-refractivity contribution in [1.82, 2.24) is 10.2 Å². The van der Waals surface area contributed by atoms with Crippen LogP contribution < -0.4 is 5.32 Å². The lowest BCUT2D eigenvalue weighted by Gasteiger charge is -2.32. The van der Waals surface area contributed by atoms with E-state index in [2.05, 4.69) is 12.2 Å². The van der Waals surface area contributed by atoms with Crippen molar-refractivity contribution in [3.05, 3.63) is 35.4 Å². The molecule has 0 radical (unpaired) electrons. The Labute approximate surface area is 124 Å². The maximum Gasteiger partial charge on any atom is 0.227 e. The Kier molecular flexibility index (Phi) is 5.67. The molecule has 3 nitrogen and oxygen atoms in total. The summed E-state index contributed by atoms with van der Waals surface area (Å²) in [5.41, 5.74) is 0.257. The SMILES string of the molecule is CCCNC1CCN(C(=O)Cc2ccc(F)cc2F)CC1. The standard InChI is InChI=1S/C16H22F2N2O/c1-2-7-19-14-5-8-20(9-6-14)16(21)10-12-3-4-13(17)11-15(12)18/h3-4,11,14,19H,2,5-10H2,1H3. The Morgan fingerprint density at radius 3 is 2.67 bits per heavy atom. The van der Waals surface area contributed by atoms with Gasteiger partial charge in [0, 0.05) is 25.2 Å². The van der Waals surface area contributed by atoms with Gasteiger partial charge in [0.25, 0.3) is 0 Å². The molecule has 0 saturated carbocycles. The predicted molar refractivity (Wildman–Crippen MR) is 78.0 cm³/mol. The van der Waals surface area contributed by atoms with Crippen LogP contribution in [0.15, 0.2) is 18.2 Å². The molecule has 1 amide bonds. The van der Waals surface area contributed by atoms with Crippen LogP contribution in [0.3, 0.4) is 0 Å². The fourth-order valence-electron chi connectivity index (χ4n) is 2.62. The molecule has 0 bridgehead atoms. The van der Waals surface area contributed by atoms with Gasteiger partial charge in [-0.3, -0.25) is 4.79 Å². The number of halogens is 2. The van der Waals surface area contributed by atoms with E-state index in [1.165, 1.54) is 12.1 Å². The number of carbonyl (C=O) groups excluding carboxylic acids is 1. The Bertz CT molecular complexity index is 485. The second-order valence-electron chi connectivity index (χ2n) is 5.52. The number of nitrogens with one attached hydrogen (secondary N) is 1. The van der Waals surface area contributed by atoms with Crippen molar-refractivity contribution in [1.29, 1.82) is 0 Å². The van der Waals surface area contributed by atoms with E-state index in [0.717, 1.165) is 31.9 Å². The fourth-order valence-corrected chi connectivity index (χ4v) is 2.62. The summed E-state index contributed by atoms with van der Waals surface area (Å²) < 4.78 is 26.4. The number of nitrogens with zero attached hydrogens (tertiary/aromatic N) is 1. The summed E-state index contributed by atoms with van der Waals surface area (Å²) in [6.45, 7) is 4.52. The number of hydrogen-bond donors (Lipinski definition) is 1. The van der Waals surface area contributed by atoms with Crippen LogP contribution in [0, 0.1) is 11.6 Å². The number of benzene rings is 1. The third-order valence-electron chi connectivity index (χ3n) is 3.89. The number of hydrogen-bond acceptors (Lipinski definition) is 2. The van der Waals surface area contributed by atoms with E-state index in [1.807, 2.05) is 0 Å². The van der Waals surface area contributed by atoms with Gasteiger partial charge < -0.3 is 10.2 Å². The summed E-state index contributed by atoms with van der Waals surface area (Å²) in [4.78, 5) is 13.9. The van der Waals surface area contributed by atoms with Crippen molar-refractivity contribution < 1.29 is 13.6 Å². The second kappa shape index (κ2) is 7.50. The molecule has 5 heteroatoms. The molecule has 1 aromatic rings. The number of piperidine rings is 1. The molecule has 0 aromatic heterocycles. The van der Waals surface area contributed by atoms with Gasteiger partial charge in [-0.1, -0.05) is 13.0 Å². The molecule has 116 valence electrons. The van der Waals surface area contributed by atoms with Crippen molar-refractivity contribution in [3.8, 4) is 0 Å². The van der Waals surface area contributed by atoms with Gasteiger partial charge in [-0.05, 0) is 37.4 Å². The Morgan fingerprint density at radius 2 is 2.05 bits per heavy atom. The van der Waals surface area contributed by atoms with E-state index in [4.69, 9.17) is 0 Å². The summed E-state index contributed by atoms with van der Waals surface area (Å²) in [5, 5.41) is 3.46. The van der Waals surface area contributed by atoms with E-state index in [-0.39, 0.29) is 17.9 Å². The lowest BCUT2D eigenvalue weighted by Crippen LogP contribution is -2.45. The molecule has 0 aliphatic carbocycles. The Morgan fingerprint density at radius 1 is 1.33 bits per heavy atom. The van der Waals surface area contributed by atoms with Gasteiger partial charge in [-0.2, -0.15) is 0 Å². The molecule has 1 saturated heterocycles. The molecule has 0 unspecified atom stereocenters. The molecule has 0 atom stereocenters.